The molecule has 1 aromatic carbocycles. The number of rotatable bonds is 8. The lowest BCUT2D eigenvalue weighted by molar-refractivity contribution is -0.137. The molecule has 0 amide bonds. The number of ether oxygens (including phenoxy) is 2. The lowest BCUT2D eigenvalue weighted by Crippen LogP contribution is -2.43. The molecule has 2 fully saturated rings. The first-order chi connectivity index (χ1) is 24.2. The molecule has 0 spiro atoms. The third-order valence-electron chi connectivity index (χ3n) is 10.2. The molecule has 51 heavy (non-hydrogen) atoms. The van der Waals surface area contributed by atoms with Gasteiger partial charge in [-0.1, -0.05) is 17.7 Å². The molecule has 16 heteroatoms. The number of nitrogens with two attached hydrogens (primary N) is 1. The molecule has 3 N–H and O–H groups in total. The summed E-state index contributed by atoms with van der Waals surface area (Å²) in [6, 6.07) is 3.22. The van der Waals surface area contributed by atoms with Crippen LogP contribution in [0, 0.1) is 18.6 Å². The standard InChI is InChI=1S/C35H38ClF5N8O2/c1-17(2)44-31-20(8-5-11-43-31)19(4)49-14-15-50-29-22-28(46-33(47-32(22)49)51-16-34-9-6-12-48(34)13-7-10-34)26(38)21(24(29)36)27-23(35(39,40)41)18(3)25(37)30(42)45-27/h5,8,11,17,19H,6-7,9-10,12-16H2,1-4H3,(H2,42,45)(H,43,44)/t19-/m1/s1. The van der Waals surface area contributed by atoms with Crippen LogP contribution < -0.4 is 25.4 Å². The SMILES string of the molecule is Cc1c(F)c(N)nc(-c2c(Cl)c3c4c(nc(OCC56CCCN5CCC6)nc4c2F)N([C@H](C)c2cccnc2NC(C)C)CCO3)c1C(F)(F)F. The van der Waals surface area contributed by atoms with E-state index in [1.807, 2.05) is 37.8 Å². The Morgan fingerprint density at radius 1 is 1.08 bits per heavy atom. The Balaban J connectivity index is 1.46. The van der Waals surface area contributed by atoms with Crippen LogP contribution >= 0.6 is 11.6 Å². The molecule has 0 radical (unpaired) electrons. The van der Waals surface area contributed by atoms with E-state index in [4.69, 9.17) is 31.8 Å². The Morgan fingerprint density at radius 3 is 2.49 bits per heavy atom. The summed E-state index contributed by atoms with van der Waals surface area (Å²) in [5.41, 5.74) is 1.81. The number of hydrogen-bond acceptors (Lipinski definition) is 10. The van der Waals surface area contributed by atoms with Gasteiger partial charge in [-0.25, -0.2) is 18.7 Å². The van der Waals surface area contributed by atoms with Crippen LogP contribution in [0.5, 0.6) is 11.8 Å². The van der Waals surface area contributed by atoms with Crippen molar-refractivity contribution in [3.8, 4) is 23.0 Å². The molecule has 3 aliphatic heterocycles. The van der Waals surface area contributed by atoms with Gasteiger partial charge in [0, 0.05) is 23.4 Å². The highest BCUT2D eigenvalue weighted by atomic mass is 35.5. The zero-order chi connectivity index (χ0) is 36.4. The van der Waals surface area contributed by atoms with Crippen LogP contribution in [0.2, 0.25) is 5.02 Å². The molecule has 3 aromatic heterocycles. The fraction of sp³-hybridized carbons (Fsp3) is 0.486. The average Bonchev–Trinajstić information content (AvgIpc) is 3.59. The average molecular weight is 733 g/mol. The van der Waals surface area contributed by atoms with Crippen LogP contribution in [-0.4, -0.2) is 69.3 Å². The Bertz CT molecular complexity index is 2000. The number of halogens is 6. The summed E-state index contributed by atoms with van der Waals surface area (Å²) in [4.78, 5) is 21.8. The van der Waals surface area contributed by atoms with Crippen LogP contribution in [-0.2, 0) is 6.18 Å². The summed E-state index contributed by atoms with van der Waals surface area (Å²) in [6.07, 6.45) is 0.413. The largest absolute Gasteiger partial charge is 0.489 e. The Morgan fingerprint density at radius 2 is 1.80 bits per heavy atom. The normalized spacial score (nSPS) is 17.8. The quantitative estimate of drug-likeness (QED) is 0.175. The van der Waals surface area contributed by atoms with Gasteiger partial charge in [0.2, 0.25) is 0 Å². The minimum atomic E-state index is -5.14. The second kappa shape index (κ2) is 13.1. The first-order valence-corrected chi connectivity index (χ1v) is 17.3. The molecule has 1 atom stereocenters. The second-order valence-corrected chi connectivity index (χ2v) is 14.1. The molecular weight excluding hydrogens is 695 g/mol. The molecule has 10 nitrogen and oxygen atoms in total. The molecule has 3 aliphatic rings. The van der Waals surface area contributed by atoms with Crippen molar-refractivity contribution >= 4 is 40.0 Å². The molecular formula is C35H38ClF5N8O2. The first-order valence-electron chi connectivity index (χ1n) is 17.0. The lowest BCUT2D eigenvalue weighted by atomic mass is 9.95. The van der Waals surface area contributed by atoms with Crippen molar-refractivity contribution < 1.29 is 31.4 Å². The van der Waals surface area contributed by atoms with Crippen molar-refractivity contribution in [2.24, 2.45) is 0 Å². The summed E-state index contributed by atoms with van der Waals surface area (Å²) in [6.45, 7) is 9.17. The van der Waals surface area contributed by atoms with Crippen LogP contribution in [0.15, 0.2) is 18.3 Å². The first kappa shape index (κ1) is 35.2. The van der Waals surface area contributed by atoms with E-state index in [9.17, 15) is 17.6 Å². The van der Waals surface area contributed by atoms with Crippen LogP contribution in [0.1, 0.15) is 69.2 Å². The van der Waals surface area contributed by atoms with Crippen molar-refractivity contribution in [2.45, 2.75) is 77.2 Å². The monoisotopic (exact) mass is 732 g/mol. The Labute approximate surface area is 296 Å². The summed E-state index contributed by atoms with van der Waals surface area (Å²) >= 11 is 6.81. The maximum atomic E-state index is 17.1. The van der Waals surface area contributed by atoms with Gasteiger partial charge in [0.15, 0.2) is 23.2 Å². The fourth-order valence-electron chi connectivity index (χ4n) is 7.79. The molecule has 0 unspecified atom stereocenters. The van der Waals surface area contributed by atoms with Gasteiger partial charge in [0.1, 0.15) is 30.4 Å². The predicted molar refractivity (Wildman–Crippen MR) is 184 cm³/mol. The Hall–Kier alpha value is -4.24. The highest BCUT2D eigenvalue weighted by molar-refractivity contribution is 6.36. The molecule has 2 saturated heterocycles. The smallest absolute Gasteiger partial charge is 0.418 e. The molecule has 272 valence electrons. The number of alkyl halides is 3. The number of anilines is 3. The summed E-state index contributed by atoms with van der Waals surface area (Å²) in [5.74, 6) is -2.73. The van der Waals surface area contributed by atoms with Gasteiger partial charge in [-0.05, 0) is 72.5 Å². The number of nitrogens with zero attached hydrogens (tertiary/aromatic N) is 6. The van der Waals surface area contributed by atoms with Gasteiger partial charge in [-0.2, -0.15) is 23.1 Å². The van der Waals surface area contributed by atoms with Crippen LogP contribution in [0.4, 0.5) is 39.4 Å². The molecule has 0 saturated carbocycles. The zero-order valence-electron chi connectivity index (χ0n) is 28.6. The molecule has 6 heterocycles. The van der Waals surface area contributed by atoms with E-state index >= 15 is 4.39 Å². The number of pyridine rings is 2. The van der Waals surface area contributed by atoms with Crippen LogP contribution in [0.3, 0.4) is 0 Å². The van der Waals surface area contributed by atoms with Gasteiger partial charge < -0.3 is 25.4 Å². The van der Waals surface area contributed by atoms with Crippen LogP contribution in [0.25, 0.3) is 22.2 Å². The zero-order valence-corrected chi connectivity index (χ0v) is 29.4. The van der Waals surface area contributed by atoms with Gasteiger partial charge in [-0.15, -0.1) is 0 Å². The van der Waals surface area contributed by atoms with E-state index in [2.05, 4.69) is 25.2 Å². The van der Waals surface area contributed by atoms with Gasteiger partial charge in [0.05, 0.1) is 45.4 Å². The maximum Gasteiger partial charge on any atom is 0.418 e. The highest BCUT2D eigenvalue weighted by Gasteiger charge is 2.45. The van der Waals surface area contributed by atoms with Crippen molar-refractivity contribution in [1.29, 1.82) is 0 Å². The number of benzene rings is 1. The third-order valence-corrected chi connectivity index (χ3v) is 10.5. The van der Waals surface area contributed by atoms with E-state index in [1.165, 1.54) is 0 Å². The number of nitrogen functional groups attached to an aromatic ring is 1. The minimum absolute atomic E-state index is 0.00774. The number of hydrogen-bond donors (Lipinski definition) is 2. The van der Waals surface area contributed by atoms with E-state index in [1.54, 1.807) is 6.20 Å². The number of nitrogens with one attached hydrogen (secondary N) is 1. The number of fused-ring (bicyclic) bond motifs is 1. The third kappa shape index (κ3) is 6.01. The fourth-order valence-corrected chi connectivity index (χ4v) is 8.11. The molecule has 7 rings (SSSR count). The van der Waals surface area contributed by atoms with E-state index in [-0.39, 0.29) is 54.3 Å². The van der Waals surface area contributed by atoms with Crippen molar-refractivity contribution in [1.82, 2.24) is 24.8 Å². The summed E-state index contributed by atoms with van der Waals surface area (Å²) < 4.78 is 87.9. The van der Waals surface area contributed by atoms with Gasteiger partial charge in [-0.3, -0.25) is 4.90 Å². The molecule has 4 aromatic rings. The second-order valence-electron chi connectivity index (χ2n) is 13.7. The highest BCUT2D eigenvalue weighted by Crippen LogP contribution is 2.51. The predicted octanol–water partition coefficient (Wildman–Crippen LogP) is 7.72. The molecule has 0 bridgehead atoms. The summed E-state index contributed by atoms with van der Waals surface area (Å²) in [7, 11) is 0. The van der Waals surface area contributed by atoms with Crippen molar-refractivity contribution in [3.63, 3.8) is 0 Å². The Kier molecular flexibility index (Phi) is 9.01. The van der Waals surface area contributed by atoms with Gasteiger partial charge >= 0.3 is 12.2 Å². The summed E-state index contributed by atoms with van der Waals surface area (Å²) in [5, 5.41) is 2.90. The lowest BCUT2D eigenvalue weighted by Gasteiger charge is -2.32. The topological polar surface area (TPSA) is 115 Å². The van der Waals surface area contributed by atoms with Gasteiger partial charge in [0.25, 0.3) is 0 Å². The van der Waals surface area contributed by atoms with E-state index < -0.39 is 62.6 Å². The number of aromatic nitrogens is 4. The van der Waals surface area contributed by atoms with E-state index in [0.29, 0.717) is 5.82 Å². The van der Waals surface area contributed by atoms with E-state index in [0.717, 1.165) is 51.3 Å². The maximum absolute atomic E-state index is 17.1. The molecule has 0 aliphatic carbocycles. The van der Waals surface area contributed by atoms with Crippen molar-refractivity contribution in [2.75, 3.05) is 48.8 Å². The van der Waals surface area contributed by atoms with Crippen molar-refractivity contribution in [3.05, 3.63) is 51.7 Å². The minimum Gasteiger partial charge on any atom is -0.489 e.